The van der Waals surface area contributed by atoms with E-state index < -0.39 is 17.5 Å². The van der Waals surface area contributed by atoms with Crippen LogP contribution in [0, 0.1) is 46.0 Å². The Labute approximate surface area is 275 Å². The molecule has 2 bridgehead atoms. The van der Waals surface area contributed by atoms with Crippen LogP contribution in [0.4, 0.5) is 19.0 Å². The van der Waals surface area contributed by atoms with Crippen LogP contribution in [-0.4, -0.2) is 84.6 Å². The van der Waals surface area contributed by atoms with E-state index in [0.717, 1.165) is 70.7 Å². The Hall–Kier alpha value is -4.18. The van der Waals surface area contributed by atoms with Crippen molar-refractivity contribution in [1.82, 2.24) is 20.2 Å². The highest BCUT2D eigenvalue weighted by molar-refractivity contribution is 6.03. The number of halogens is 3. The molecule has 1 saturated carbocycles. The maximum atomic E-state index is 17.0. The van der Waals surface area contributed by atoms with Gasteiger partial charge < -0.3 is 29.7 Å². The molecule has 9 nitrogen and oxygen atoms in total. The molecule has 9 rings (SSSR count). The number of rotatable bonds is 7. The number of likely N-dealkylation sites (tertiary alicyclic amines) is 1. The van der Waals surface area contributed by atoms with Crippen molar-refractivity contribution in [2.45, 2.75) is 37.8 Å². The minimum Gasteiger partial charge on any atom is -0.508 e. The van der Waals surface area contributed by atoms with Crippen LogP contribution in [0.3, 0.4) is 0 Å². The summed E-state index contributed by atoms with van der Waals surface area (Å²) >= 11 is 0. The molecule has 2 unspecified atom stereocenters. The van der Waals surface area contributed by atoms with Gasteiger partial charge in [0.2, 0.25) is 0 Å². The number of aromatic nitrogens is 2. The van der Waals surface area contributed by atoms with E-state index in [-0.39, 0.29) is 62.2 Å². The highest BCUT2D eigenvalue weighted by Crippen LogP contribution is 2.48. The number of hydrogen-bond donors (Lipinski definition) is 2. The van der Waals surface area contributed by atoms with Crippen molar-refractivity contribution >= 4 is 27.5 Å². The number of piperazine rings is 1. The maximum absolute atomic E-state index is 17.0. The molecule has 1 aromatic heterocycles. The summed E-state index contributed by atoms with van der Waals surface area (Å²) in [6.07, 6.45) is 4.09. The summed E-state index contributed by atoms with van der Waals surface area (Å²) in [5, 5.41) is 24.7. The number of anilines is 1. The summed E-state index contributed by atoms with van der Waals surface area (Å²) in [4.78, 5) is 14.0. The number of ether oxygens (including phenoxy) is 2. The molecule has 5 fully saturated rings. The second-order valence-electron chi connectivity index (χ2n) is 14.5. The molecule has 12 heteroatoms. The van der Waals surface area contributed by atoms with Crippen LogP contribution in [0.2, 0.25) is 0 Å². The Morgan fingerprint density at radius 1 is 1.00 bits per heavy atom. The zero-order valence-corrected chi connectivity index (χ0v) is 26.3. The molecule has 48 heavy (non-hydrogen) atoms. The first kappa shape index (κ1) is 29.9. The highest BCUT2D eigenvalue weighted by Gasteiger charge is 2.48. The van der Waals surface area contributed by atoms with Crippen molar-refractivity contribution in [2.24, 2.45) is 17.3 Å². The second-order valence-corrected chi connectivity index (χ2v) is 14.5. The van der Waals surface area contributed by atoms with Crippen LogP contribution >= 0.6 is 0 Å². The van der Waals surface area contributed by atoms with E-state index in [0.29, 0.717) is 42.7 Å². The minimum absolute atomic E-state index is 0.0252. The van der Waals surface area contributed by atoms with Crippen molar-refractivity contribution in [1.29, 1.82) is 5.26 Å². The third-order valence-corrected chi connectivity index (χ3v) is 11.1. The lowest BCUT2D eigenvalue weighted by Gasteiger charge is -2.34. The number of fused-ring (bicyclic) bond motifs is 5. The molecular weight excluding hydrogens is 621 g/mol. The van der Waals surface area contributed by atoms with Gasteiger partial charge in [-0.05, 0) is 55.3 Å². The first-order valence-electron chi connectivity index (χ1n) is 16.8. The molecule has 2 N–H and O–H groups in total. The van der Waals surface area contributed by atoms with Gasteiger partial charge in [-0.2, -0.15) is 15.2 Å². The topological polar surface area (TPSA) is 107 Å². The van der Waals surface area contributed by atoms with Gasteiger partial charge >= 0.3 is 6.01 Å². The molecule has 0 radical (unpaired) electrons. The lowest BCUT2D eigenvalue weighted by atomic mass is 9.92. The smallest absolute Gasteiger partial charge is 0.319 e. The number of benzene rings is 3. The van der Waals surface area contributed by atoms with Crippen molar-refractivity contribution in [3.05, 3.63) is 53.3 Å². The molecule has 5 aliphatic rings. The fourth-order valence-corrected chi connectivity index (χ4v) is 8.53. The predicted molar refractivity (Wildman–Crippen MR) is 172 cm³/mol. The maximum Gasteiger partial charge on any atom is 0.319 e. The third-order valence-electron chi connectivity index (χ3n) is 11.1. The summed E-state index contributed by atoms with van der Waals surface area (Å²) in [5.74, 6) is -1.83. The Morgan fingerprint density at radius 2 is 1.75 bits per heavy atom. The highest BCUT2D eigenvalue weighted by atomic mass is 19.2. The van der Waals surface area contributed by atoms with E-state index in [4.69, 9.17) is 14.5 Å². The Morgan fingerprint density at radius 3 is 2.46 bits per heavy atom. The molecule has 4 aliphatic heterocycles. The molecule has 5 heterocycles. The number of nitrogens with one attached hydrogen (secondary N) is 1. The summed E-state index contributed by atoms with van der Waals surface area (Å²) in [6, 6.07) is 8.80. The van der Waals surface area contributed by atoms with Crippen LogP contribution in [0.5, 0.6) is 11.8 Å². The van der Waals surface area contributed by atoms with E-state index >= 15 is 8.78 Å². The van der Waals surface area contributed by atoms with Gasteiger partial charge in [0.05, 0.1) is 31.5 Å². The Balaban J connectivity index is 1.14. The summed E-state index contributed by atoms with van der Waals surface area (Å²) in [7, 11) is 0. The molecule has 1 aliphatic carbocycles. The number of aromatic hydroxyl groups is 1. The van der Waals surface area contributed by atoms with Gasteiger partial charge in [0.25, 0.3) is 0 Å². The van der Waals surface area contributed by atoms with E-state index in [1.54, 1.807) is 0 Å². The number of phenolic OH excluding ortho intramolecular Hbond substituents is 1. The van der Waals surface area contributed by atoms with Crippen molar-refractivity contribution in [2.75, 3.05) is 57.4 Å². The van der Waals surface area contributed by atoms with Gasteiger partial charge in [-0.3, -0.25) is 0 Å². The molecule has 3 aromatic carbocycles. The van der Waals surface area contributed by atoms with Crippen LogP contribution in [-0.2, 0) is 4.74 Å². The van der Waals surface area contributed by atoms with Crippen LogP contribution in [0.25, 0.3) is 32.8 Å². The molecule has 0 amide bonds. The van der Waals surface area contributed by atoms with Gasteiger partial charge in [-0.1, -0.05) is 6.07 Å². The summed E-state index contributed by atoms with van der Waals surface area (Å²) in [5.41, 5.74) is -0.625. The van der Waals surface area contributed by atoms with Gasteiger partial charge in [0.15, 0.2) is 17.5 Å². The fraction of sp³-hybridized carbons (Fsp3) is 0.472. The van der Waals surface area contributed by atoms with Crippen LogP contribution in [0.1, 0.15) is 31.2 Å². The third kappa shape index (κ3) is 5.02. The second kappa shape index (κ2) is 11.2. The quantitative estimate of drug-likeness (QED) is 0.280. The van der Waals surface area contributed by atoms with Gasteiger partial charge in [0, 0.05) is 84.0 Å². The Kier molecular flexibility index (Phi) is 6.97. The van der Waals surface area contributed by atoms with E-state index in [1.165, 1.54) is 18.2 Å². The predicted octanol–water partition coefficient (Wildman–Crippen LogP) is 5.12. The zero-order chi connectivity index (χ0) is 32.7. The summed E-state index contributed by atoms with van der Waals surface area (Å²) < 4.78 is 58.8. The van der Waals surface area contributed by atoms with E-state index in [1.807, 2.05) is 0 Å². The first-order valence-corrected chi connectivity index (χ1v) is 16.8. The number of nitriles is 1. The molecule has 248 valence electrons. The fourth-order valence-electron chi connectivity index (χ4n) is 8.53. The lowest BCUT2D eigenvalue weighted by molar-refractivity contribution is 0.131. The number of hydrogen-bond acceptors (Lipinski definition) is 9. The SMILES string of the molecule is N#Cc1cc2c(N3CC4CCC(C3)N4)nc(OCC3(CN4C[C@H]5COC[C@@H]5C4)CC3)nc2c(F)c1-c1cc(O)cc2ccc(F)c(F)c12. The van der Waals surface area contributed by atoms with Gasteiger partial charge in [-0.25, -0.2) is 13.2 Å². The van der Waals surface area contributed by atoms with E-state index in [9.17, 15) is 14.8 Å². The van der Waals surface area contributed by atoms with Gasteiger partial charge in [-0.15, -0.1) is 0 Å². The number of nitrogens with zero attached hydrogens (tertiary/aromatic N) is 5. The normalized spacial score (nSPS) is 25.9. The minimum atomic E-state index is -1.20. The van der Waals surface area contributed by atoms with Crippen LogP contribution < -0.4 is 15.0 Å². The lowest BCUT2D eigenvalue weighted by Crippen LogP contribution is -2.51. The molecule has 4 saturated heterocycles. The average molecular weight is 657 g/mol. The molecule has 0 spiro atoms. The standard InChI is InChI=1S/C36H35F3N6O3/c37-28-4-1-19-7-25(46)9-26(29(19)31(28)38)30-20(10-40)8-27-33(32(30)39)42-35(43-34(27)45-13-23-2-3-24(14-45)41-23)48-18-36(5-6-36)17-44-11-21-15-47-16-22(21)12-44/h1,4,7-9,21-24,41,46H,2-3,5-6,11-18H2/t21-,22-,23?,24?/m0/s1. The molecule has 4 atom stereocenters. The number of phenols is 1. The largest absolute Gasteiger partial charge is 0.508 e. The van der Waals surface area contributed by atoms with Crippen LogP contribution in [0.15, 0.2) is 30.3 Å². The molecule has 4 aromatic rings. The Bertz CT molecular complexity index is 1990. The molecular formula is C36H35F3N6O3. The average Bonchev–Trinajstić information content (AvgIpc) is 3.32. The monoisotopic (exact) mass is 656 g/mol. The summed E-state index contributed by atoms with van der Waals surface area (Å²) in [6.45, 7) is 6.31. The van der Waals surface area contributed by atoms with Gasteiger partial charge in [0.1, 0.15) is 17.1 Å². The first-order chi connectivity index (χ1) is 23.3. The van der Waals surface area contributed by atoms with E-state index in [2.05, 4.69) is 26.2 Å². The van der Waals surface area contributed by atoms with Crippen molar-refractivity contribution in [3.8, 4) is 29.0 Å². The van der Waals surface area contributed by atoms with Crippen molar-refractivity contribution < 1.29 is 27.8 Å². The van der Waals surface area contributed by atoms with Crippen molar-refractivity contribution in [3.63, 3.8) is 0 Å². The zero-order valence-electron chi connectivity index (χ0n) is 26.3.